The third-order valence-corrected chi connectivity index (χ3v) is 6.69. The first-order valence-electron chi connectivity index (χ1n) is 8.54. The van der Waals surface area contributed by atoms with E-state index in [-0.39, 0.29) is 27.4 Å². The van der Waals surface area contributed by atoms with Gasteiger partial charge in [-0.3, -0.25) is 9.10 Å². The van der Waals surface area contributed by atoms with E-state index in [1.165, 1.54) is 22.5 Å². The van der Waals surface area contributed by atoms with Crippen molar-refractivity contribution in [2.24, 2.45) is 0 Å². The minimum atomic E-state index is -3.88. The Morgan fingerprint density at radius 3 is 2.78 bits per heavy atom. The molecule has 1 aliphatic heterocycles. The fourth-order valence-corrected chi connectivity index (χ4v) is 5.12. The second kappa shape index (κ2) is 7.88. The predicted octanol–water partition coefficient (Wildman–Crippen LogP) is 2.86. The van der Waals surface area contributed by atoms with Crippen LogP contribution in [0.1, 0.15) is 22.8 Å². The first kappa shape index (κ1) is 19.7. The number of rotatable bonds is 6. The molecular weight excluding hydrogens is 388 g/mol. The van der Waals surface area contributed by atoms with Crippen LogP contribution in [0.4, 0.5) is 5.69 Å². The van der Waals surface area contributed by atoms with E-state index in [2.05, 4.69) is 5.32 Å². The van der Waals surface area contributed by atoms with E-state index in [1.807, 2.05) is 12.1 Å². The molecule has 0 aromatic heterocycles. The quantitative estimate of drug-likeness (QED) is 0.797. The van der Waals surface area contributed by atoms with Gasteiger partial charge in [-0.15, -0.1) is 0 Å². The summed E-state index contributed by atoms with van der Waals surface area (Å²) >= 11 is 6.19. The lowest BCUT2D eigenvalue weighted by molar-refractivity contribution is 0.0905. The molecule has 0 bridgehead atoms. The van der Waals surface area contributed by atoms with Crippen molar-refractivity contribution < 1.29 is 17.9 Å². The number of carbonyl (C=O) groups excluding carboxylic acids is 1. The van der Waals surface area contributed by atoms with Crippen LogP contribution in [-0.4, -0.2) is 40.6 Å². The number of ether oxygens (including phenoxy) is 1. The standard InChI is InChI=1S/C19H21ClN2O4S/c1-13(12-26-2)21-19(23)15-7-8-16(20)18(11-15)27(24,25)22-10-9-14-5-3-4-6-17(14)22/h3-8,11,13H,9-10,12H2,1-2H3,(H,21,23). The van der Waals surface area contributed by atoms with Gasteiger partial charge in [0.2, 0.25) is 0 Å². The zero-order chi connectivity index (χ0) is 19.6. The van der Waals surface area contributed by atoms with E-state index in [0.717, 1.165) is 5.56 Å². The number of sulfonamides is 1. The fourth-order valence-electron chi connectivity index (χ4n) is 3.12. The number of para-hydroxylation sites is 1. The maximum Gasteiger partial charge on any atom is 0.265 e. The van der Waals surface area contributed by atoms with Gasteiger partial charge in [-0.1, -0.05) is 29.8 Å². The highest BCUT2D eigenvalue weighted by Gasteiger charge is 2.32. The van der Waals surface area contributed by atoms with Crippen molar-refractivity contribution in [3.05, 3.63) is 58.6 Å². The molecule has 1 aliphatic rings. The van der Waals surface area contributed by atoms with Crippen molar-refractivity contribution in [1.29, 1.82) is 0 Å². The summed E-state index contributed by atoms with van der Waals surface area (Å²) in [5.74, 6) is -0.380. The molecule has 1 atom stereocenters. The summed E-state index contributed by atoms with van der Waals surface area (Å²) in [6.45, 7) is 2.50. The summed E-state index contributed by atoms with van der Waals surface area (Å²) in [4.78, 5) is 12.3. The molecule has 8 heteroatoms. The van der Waals surface area contributed by atoms with Crippen molar-refractivity contribution in [3.63, 3.8) is 0 Å². The molecular formula is C19H21ClN2O4S. The van der Waals surface area contributed by atoms with Crippen LogP contribution >= 0.6 is 11.6 Å². The summed E-state index contributed by atoms with van der Waals surface area (Å²) in [6, 6.07) is 11.4. The van der Waals surface area contributed by atoms with E-state index in [9.17, 15) is 13.2 Å². The largest absolute Gasteiger partial charge is 0.383 e. The van der Waals surface area contributed by atoms with Gasteiger partial charge in [-0.2, -0.15) is 0 Å². The molecule has 0 aliphatic carbocycles. The van der Waals surface area contributed by atoms with Crippen LogP contribution in [0.3, 0.4) is 0 Å². The zero-order valence-electron chi connectivity index (χ0n) is 15.1. The highest BCUT2D eigenvalue weighted by atomic mass is 35.5. The molecule has 1 unspecified atom stereocenters. The van der Waals surface area contributed by atoms with E-state index >= 15 is 0 Å². The molecule has 0 saturated carbocycles. The average Bonchev–Trinajstić information content (AvgIpc) is 3.07. The number of hydrogen-bond donors (Lipinski definition) is 1. The molecule has 1 amide bonds. The number of benzene rings is 2. The van der Waals surface area contributed by atoms with Gasteiger partial charge in [0.05, 0.1) is 17.3 Å². The Kier molecular flexibility index (Phi) is 5.74. The van der Waals surface area contributed by atoms with Gasteiger partial charge in [0, 0.05) is 25.3 Å². The molecule has 3 rings (SSSR count). The highest BCUT2D eigenvalue weighted by Crippen LogP contribution is 2.35. The molecule has 144 valence electrons. The number of anilines is 1. The number of carbonyl (C=O) groups is 1. The average molecular weight is 409 g/mol. The Bertz CT molecular complexity index is 962. The van der Waals surface area contributed by atoms with E-state index in [0.29, 0.717) is 25.3 Å². The Hall–Kier alpha value is -2.09. The summed E-state index contributed by atoms with van der Waals surface area (Å²) in [7, 11) is -2.34. The Labute approximate surface area is 164 Å². The van der Waals surface area contributed by atoms with E-state index < -0.39 is 10.0 Å². The molecule has 0 saturated heterocycles. The topological polar surface area (TPSA) is 75.7 Å². The lowest BCUT2D eigenvalue weighted by Crippen LogP contribution is -2.36. The van der Waals surface area contributed by atoms with Gasteiger partial charge >= 0.3 is 0 Å². The van der Waals surface area contributed by atoms with Gasteiger partial charge in [0.1, 0.15) is 4.90 Å². The smallest absolute Gasteiger partial charge is 0.265 e. The van der Waals surface area contributed by atoms with Gasteiger partial charge in [0.15, 0.2) is 0 Å². The van der Waals surface area contributed by atoms with Crippen molar-refractivity contribution in [2.75, 3.05) is 24.6 Å². The second-order valence-electron chi connectivity index (χ2n) is 6.43. The summed E-state index contributed by atoms with van der Waals surface area (Å²) in [5, 5.41) is 2.85. The maximum atomic E-state index is 13.2. The van der Waals surface area contributed by atoms with Gasteiger partial charge < -0.3 is 10.1 Å². The molecule has 6 nitrogen and oxygen atoms in total. The Morgan fingerprint density at radius 2 is 2.04 bits per heavy atom. The van der Waals surface area contributed by atoms with Crippen LogP contribution in [0, 0.1) is 0 Å². The summed E-state index contributed by atoms with van der Waals surface area (Å²) < 4.78 is 32.8. The first-order valence-corrected chi connectivity index (χ1v) is 10.4. The predicted molar refractivity (Wildman–Crippen MR) is 105 cm³/mol. The van der Waals surface area contributed by atoms with Gasteiger partial charge in [-0.25, -0.2) is 8.42 Å². The molecule has 27 heavy (non-hydrogen) atoms. The van der Waals surface area contributed by atoms with E-state index in [4.69, 9.17) is 16.3 Å². The molecule has 0 radical (unpaired) electrons. The van der Waals surface area contributed by atoms with Crippen molar-refractivity contribution >= 4 is 33.2 Å². The third kappa shape index (κ3) is 3.95. The van der Waals surface area contributed by atoms with Crippen molar-refractivity contribution in [1.82, 2.24) is 5.32 Å². The number of amides is 1. The number of nitrogens with zero attached hydrogens (tertiary/aromatic N) is 1. The number of methoxy groups -OCH3 is 1. The van der Waals surface area contributed by atoms with Crippen molar-refractivity contribution in [3.8, 4) is 0 Å². The lowest BCUT2D eigenvalue weighted by atomic mass is 10.2. The number of hydrogen-bond acceptors (Lipinski definition) is 4. The maximum absolute atomic E-state index is 13.2. The molecule has 2 aromatic carbocycles. The summed E-state index contributed by atoms with van der Waals surface area (Å²) in [6.07, 6.45) is 0.641. The second-order valence-corrected chi connectivity index (χ2v) is 8.67. The Balaban J connectivity index is 1.94. The SMILES string of the molecule is COCC(C)NC(=O)c1ccc(Cl)c(S(=O)(=O)N2CCc3ccccc32)c1. The zero-order valence-corrected chi connectivity index (χ0v) is 16.7. The third-order valence-electron chi connectivity index (χ3n) is 4.40. The molecule has 1 heterocycles. The van der Waals surface area contributed by atoms with Crippen LogP contribution in [0.15, 0.2) is 47.4 Å². The van der Waals surface area contributed by atoms with E-state index in [1.54, 1.807) is 26.2 Å². The van der Waals surface area contributed by atoms with Crippen LogP contribution in [0.5, 0.6) is 0 Å². The first-order chi connectivity index (χ1) is 12.8. The normalized spacial score (nSPS) is 14.7. The number of halogens is 1. The molecule has 0 fully saturated rings. The fraction of sp³-hybridized carbons (Fsp3) is 0.316. The number of nitrogens with one attached hydrogen (secondary N) is 1. The minimum absolute atomic E-state index is 0.0760. The van der Waals surface area contributed by atoms with Crippen LogP contribution in [0.2, 0.25) is 5.02 Å². The highest BCUT2D eigenvalue weighted by molar-refractivity contribution is 7.93. The summed E-state index contributed by atoms with van der Waals surface area (Å²) in [5.41, 5.74) is 1.85. The molecule has 1 N–H and O–H groups in total. The van der Waals surface area contributed by atoms with Crippen LogP contribution < -0.4 is 9.62 Å². The van der Waals surface area contributed by atoms with Crippen molar-refractivity contribution in [2.45, 2.75) is 24.3 Å². The molecule has 2 aromatic rings. The van der Waals surface area contributed by atoms with Gasteiger partial charge in [-0.05, 0) is 43.2 Å². The Morgan fingerprint density at radius 1 is 1.30 bits per heavy atom. The van der Waals surface area contributed by atoms with Crippen LogP contribution in [-0.2, 0) is 21.2 Å². The molecule has 0 spiro atoms. The number of fused-ring (bicyclic) bond motifs is 1. The minimum Gasteiger partial charge on any atom is -0.383 e. The monoisotopic (exact) mass is 408 g/mol. The van der Waals surface area contributed by atoms with Gasteiger partial charge in [0.25, 0.3) is 15.9 Å². The lowest BCUT2D eigenvalue weighted by Gasteiger charge is -2.21. The van der Waals surface area contributed by atoms with Crippen LogP contribution in [0.25, 0.3) is 0 Å².